The van der Waals surface area contributed by atoms with Crippen molar-refractivity contribution in [1.29, 1.82) is 0 Å². The summed E-state index contributed by atoms with van der Waals surface area (Å²) in [6, 6.07) is 15.9. The van der Waals surface area contributed by atoms with Crippen LogP contribution < -0.4 is 15.2 Å². The molecule has 2 aromatic rings. The summed E-state index contributed by atoms with van der Waals surface area (Å²) in [5.74, 6) is 1.47. The molecule has 0 heterocycles. The number of halogens is 1. The number of hydrogen-bond donors (Lipinski definition) is 1. The molecule has 0 aliphatic carbocycles. The second-order valence-electron chi connectivity index (χ2n) is 5.04. The quantitative estimate of drug-likeness (QED) is 0.714. The number of rotatable bonds is 8. The summed E-state index contributed by atoms with van der Waals surface area (Å²) in [5, 5.41) is 0. The Morgan fingerprint density at radius 1 is 1.09 bits per heavy atom. The second-order valence-corrected chi connectivity index (χ2v) is 5.04. The normalized spacial score (nSPS) is 11.2. The van der Waals surface area contributed by atoms with Gasteiger partial charge in [0.25, 0.3) is 0 Å². The van der Waals surface area contributed by atoms with E-state index in [0.29, 0.717) is 13.2 Å². The molecule has 0 radical (unpaired) electrons. The second kappa shape index (κ2) is 9.93. The lowest BCUT2D eigenvalue weighted by atomic mass is 10.0. The fourth-order valence-electron chi connectivity index (χ4n) is 2.19. The van der Waals surface area contributed by atoms with Crippen LogP contribution in [0.15, 0.2) is 61.2 Å². The van der Waals surface area contributed by atoms with Gasteiger partial charge >= 0.3 is 0 Å². The molecule has 2 rings (SSSR count). The van der Waals surface area contributed by atoms with Crippen LogP contribution in [0.4, 0.5) is 0 Å². The smallest absolute Gasteiger partial charge is 0.161 e. The molecule has 124 valence electrons. The maximum atomic E-state index is 6.12. The zero-order chi connectivity index (χ0) is 15.8. The summed E-state index contributed by atoms with van der Waals surface area (Å²) in [7, 11) is 0. The van der Waals surface area contributed by atoms with Crippen LogP contribution in [0.3, 0.4) is 0 Å². The molecule has 0 aliphatic heterocycles. The SMILES string of the molecule is C=CC[C@H](N)c1ccc(OCc2ccccc2)c(OCC)c1.Cl. The van der Waals surface area contributed by atoms with Crippen LogP contribution in [0, 0.1) is 0 Å². The van der Waals surface area contributed by atoms with E-state index in [1.165, 1.54) is 0 Å². The van der Waals surface area contributed by atoms with Crippen LogP contribution in [-0.4, -0.2) is 6.61 Å². The molecule has 2 aromatic carbocycles. The van der Waals surface area contributed by atoms with E-state index >= 15 is 0 Å². The molecule has 0 aromatic heterocycles. The van der Waals surface area contributed by atoms with Crippen molar-refractivity contribution in [3.63, 3.8) is 0 Å². The fraction of sp³-hybridized carbons (Fsp3) is 0.263. The molecule has 0 aliphatic rings. The Labute approximate surface area is 144 Å². The first-order chi connectivity index (χ1) is 10.7. The molecule has 23 heavy (non-hydrogen) atoms. The largest absolute Gasteiger partial charge is 0.490 e. The molecule has 0 saturated carbocycles. The van der Waals surface area contributed by atoms with Gasteiger partial charge in [0.15, 0.2) is 11.5 Å². The first kappa shape index (κ1) is 19.1. The molecule has 2 N–H and O–H groups in total. The van der Waals surface area contributed by atoms with Crippen molar-refractivity contribution in [1.82, 2.24) is 0 Å². The molecule has 0 unspecified atom stereocenters. The fourth-order valence-corrected chi connectivity index (χ4v) is 2.19. The third-order valence-corrected chi connectivity index (χ3v) is 3.35. The predicted molar refractivity (Wildman–Crippen MR) is 97.4 cm³/mol. The number of nitrogens with two attached hydrogens (primary N) is 1. The molecule has 0 bridgehead atoms. The van der Waals surface area contributed by atoms with Crippen molar-refractivity contribution in [2.24, 2.45) is 5.73 Å². The molecule has 0 spiro atoms. The monoisotopic (exact) mass is 333 g/mol. The van der Waals surface area contributed by atoms with Crippen LogP contribution in [0.25, 0.3) is 0 Å². The van der Waals surface area contributed by atoms with E-state index in [9.17, 15) is 0 Å². The minimum atomic E-state index is -0.0696. The van der Waals surface area contributed by atoms with Gasteiger partial charge in [0.05, 0.1) is 6.61 Å². The molecule has 0 amide bonds. The van der Waals surface area contributed by atoms with Crippen LogP contribution in [0.1, 0.15) is 30.5 Å². The van der Waals surface area contributed by atoms with E-state index in [0.717, 1.165) is 29.0 Å². The highest BCUT2D eigenvalue weighted by atomic mass is 35.5. The molecular weight excluding hydrogens is 310 g/mol. The van der Waals surface area contributed by atoms with Gasteiger partial charge in [0.1, 0.15) is 6.61 Å². The van der Waals surface area contributed by atoms with Gasteiger partial charge in [-0.25, -0.2) is 0 Å². The van der Waals surface area contributed by atoms with E-state index < -0.39 is 0 Å². The highest BCUT2D eigenvalue weighted by Gasteiger charge is 2.11. The minimum Gasteiger partial charge on any atom is -0.490 e. The highest BCUT2D eigenvalue weighted by Crippen LogP contribution is 2.31. The number of ether oxygens (including phenoxy) is 2. The first-order valence-electron chi connectivity index (χ1n) is 7.54. The van der Waals surface area contributed by atoms with Crippen molar-refractivity contribution in [2.75, 3.05) is 6.61 Å². The van der Waals surface area contributed by atoms with Gasteiger partial charge in [-0.1, -0.05) is 42.5 Å². The average Bonchev–Trinajstić information content (AvgIpc) is 2.55. The Bertz CT molecular complexity index is 602. The summed E-state index contributed by atoms with van der Waals surface area (Å²) < 4.78 is 11.6. The summed E-state index contributed by atoms with van der Waals surface area (Å²) in [6.07, 6.45) is 2.56. The zero-order valence-electron chi connectivity index (χ0n) is 13.4. The van der Waals surface area contributed by atoms with Crippen LogP contribution >= 0.6 is 12.4 Å². The third kappa shape index (κ3) is 5.62. The van der Waals surface area contributed by atoms with Gasteiger partial charge < -0.3 is 15.2 Å². The van der Waals surface area contributed by atoms with Crippen molar-refractivity contribution < 1.29 is 9.47 Å². The van der Waals surface area contributed by atoms with E-state index in [2.05, 4.69) is 6.58 Å². The number of benzene rings is 2. The van der Waals surface area contributed by atoms with Gasteiger partial charge in [-0.2, -0.15) is 0 Å². The number of hydrogen-bond acceptors (Lipinski definition) is 3. The minimum absolute atomic E-state index is 0. The van der Waals surface area contributed by atoms with Gasteiger partial charge in [0.2, 0.25) is 0 Å². The zero-order valence-corrected chi connectivity index (χ0v) is 14.2. The van der Waals surface area contributed by atoms with Crippen molar-refractivity contribution in [3.8, 4) is 11.5 Å². The van der Waals surface area contributed by atoms with Crippen molar-refractivity contribution in [3.05, 3.63) is 72.3 Å². The summed E-state index contributed by atoms with van der Waals surface area (Å²) in [4.78, 5) is 0. The lowest BCUT2D eigenvalue weighted by Crippen LogP contribution is -2.09. The van der Waals surface area contributed by atoms with Gasteiger partial charge in [0, 0.05) is 6.04 Å². The molecule has 0 fully saturated rings. The van der Waals surface area contributed by atoms with Crippen LogP contribution in [-0.2, 0) is 6.61 Å². The maximum absolute atomic E-state index is 6.12. The molecule has 3 nitrogen and oxygen atoms in total. The predicted octanol–water partition coefficient (Wildman–Crippen LogP) is 4.66. The summed E-state index contributed by atoms with van der Waals surface area (Å²) in [6.45, 7) is 6.78. The van der Waals surface area contributed by atoms with E-state index in [4.69, 9.17) is 15.2 Å². The van der Waals surface area contributed by atoms with Gasteiger partial charge in [-0.05, 0) is 36.6 Å². The molecule has 1 atom stereocenters. The van der Waals surface area contributed by atoms with Crippen molar-refractivity contribution in [2.45, 2.75) is 26.0 Å². The first-order valence-corrected chi connectivity index (χ1v) is 7.54. The third-order valence-electron chi connectivity index (χ3n) is 3.35. The van der Waals surface area contributed by atoms with Gasteiger partial charge in [-0.3, -0.25) is 0 Å². The Morgan fingerprint density at radius 2 is 1.83 bits per heavy atom. The summed E-state index contributed by atoms with van der Waals surface area (Å²) in [5.41, 5.74) is 8.26. The molecule has 4 heteroatoms. The van der Waals surface area contributed by atoms with E-state index in [1.54, 1.807) is 0 Å². The Kier molecular flexibility index (Phi) is 8.23. The Morgan fingerprint density at radius 3 is 2.48 bits per heavy atom. The van der Waals surface area contributed by atoms with Crippen molar-refractivity contribution >= 4 is 12.4 Å². The molecular formula is C19H24ClNO2. The Balaban J connectivity index is 0.00000264. The standard InChI is InChI=1S/C19H23NO2.ClH/c1-3-8-17(20)16-11-12-18(19(13-16)21-4-2)22-14-15-9-6-5-7-10-15;/h3,5-7,9-13,17H,1,4,8,14,20H2,2H3;1H/t17-;/m0./s1. The van der Waals surface area contributed by atoms with Crippen LogP contribution in [0.2, 0.25) is 0 Å². The highest BCUT2D eigenvalue weighted by molar-refractivity contribution is 5.85. The maximum Gasteiger partial charge on any atom is 0.161 e. The molecule has 0 saturated heterocycles. The van der Waals surface area contributed by atoms with Gasteiger partial charge in [-0.15, -0.1) is 19.0 Å². The summed E-state index contributed by atoms with van der Waals surface area (Å²) >= 11 is 0. The van der Waals surface area contributed by atoms with E-state index in [-0.39, 0.29) is 18.4 Å². The lowest BCUT2D eigenvalue weighted by Gasteiger charge is -2.16. The lowest BCUT2D eigenvalue weighted by molar-refractivity contribution is 0.269. The van der Waals surface area contributed by atoms with E-state index in [1.807, 2.05) is 61.5 Å². The Hall–Kier alpha value is -1.97. The average molecular weight is 334 g/mol. The topological polar surface area (TPSA) is 44.5 Å². The van der Waals surface area contributed by atoms with Crippen LogP contribution in [0.5, 0.6) is 11.5 Å².